The highest BCUT2D eigenvalue weighted by molar-refractivity contribution is 5.76. The highest BCUT2D eigenvalue weighted by Gasteiger charge is 2.29. The predicted octanol–water partition coefficient (Wildman–Crippen LogP) is 3.78. The van der Waals surface area contributed by atoms with Crippen LogP contribution in [-0.4, -0.2) is 50.1 Å². The molecule has 1 saturated heterocycles. The van der Waals surface area contributed by atoms with Crippen molar-refractivity contribution in [1.29, 1.82) is 0 Å². The number of benzene rings is 2. The van der Waals surface area contributed by atoms with Gasteiger partial charge in [0.15, 0.2) is 6.29 Å². The number of carbonyl (C=O) groups is 1. The van der Waals surface area contributed by atoms with Gasteiger partial charge in [0.1, 0.15) is 5.69 Å². The molecule has 2 heterocycles. The third-order valence-corrected chi connectivity index (χ3v) is 6.39. The van der Waals surface area contributed by atoms with Crippen molar-refractivity contribution in [1.82, 2.24) is 20.0 Å². The second kappa shape index (κ2) is 10.7. The fraction of sp³-hybridized carbons (Fsp3) is 0.385. The molecule has 174 valence electrons. The maximum atomic E-state index is 12.7. The van der Waals surface area contributed by atoms with Crippen LogP contribution in [0.4, 0.5) is 4.79 Å². The second-order valence-electron chi connectivity index (χ2n) is 8.73. The Kier molecular flexibility index (Phi) is 7.54. The number of nitrogens with one attached hydrogen (secondary N) is 1. The number of carbonyl (C=O) groups excluding carboxylic acids is 1. The maximum absolute atomic E-state index is 12.7. The molecule has 1 aliphatic heterocycles. The maximum Gasteiger partial charge on any atom is 0.344 e. The van der Waals surface area contributed by atoms with Crippen LogP contribution >= 0.6 is 0 Å². The summed E-state index contributed by atoms with van der Waals surface area (Å²) in [6.07, 6.45) is 2.82. The summed E-state index contributed by atoms with van der Waals surface area (Å²) in [7, 11) is 0. The number of likely N-dealkylation sites (tertiary alicyclic amines) is 1. The Hall–Kier alpha value is -3.00. The van der Waals surface area contributed by atoms with E-state index in [4.69, 9.17) is 0 Å². The monoisotopic (exact) mass is 448 g/mol. The van der Waals surface area contributed by atoms with Gasteiger partial charge < -0.3 is 20.4 Å². The molecule has 4 rings (SSSR count). The van der Waals surface area contributed by atoms with Gasteiger partial charge in [-0.25, -0.2) is 4.79 Å². The molecule has 1 aliphatic rings. The van der Waals surface area contributed by atoms with E-state index in [1.807, 2.05) is 6.07 Å². The Labute approximate surface area is 194 Å². The zero-order valence-electron chi connectivity index (χ0n) is 19.0. The van der Waals surface area contributed by atoms with E-state index in [0.29, 0.717) is 25.0 Å². The third-order valence-electron chi connectivity index (χ3n) is 6.39. The van der Waals surface area contributed by atoms with Crippen molar-refractivity contribution in [2.24, 2.45) is 5.92 Å². The lowest BCUT2D eigenvalue weighted by atomic mass is 9.97. The van der Waals surface area contributed by atoms with Gasteiger partial charge in [-0.15, -0.1) is 0 Å². The van der Waals surface area contributed by atoms with E-state index in [9.17, 15) is 15.0 Å². The standard InChI is InChI=1S/C26H32N4O3/c1-2-23(27-17-19-8-10-22(11-9-19)21-6-4-3-5-7-21)16-20-12-14-29(18-20)26(33)30-15-13-24(28-30)25(31)32/h3-11,13,15,20,23,25,27,31-32H,2,12,14,16-18H2,1H3/t20-,23+/m0/s1. The molecule has 0 bridgehead atoms. The van der Waals surface area contributed by atoms with E-state index in [2.05, 4.69) is 65.9 Å². The smallest absolute Gasteiger partial charge is 0.344 e. The van der Waals surface area contributed by atoms with Crippen LogP contribution in [0.25, 0.3) is 11.1 Å². The molecule has 1 fully saturated rings. The third kappa shape index (κ3) is 5.87. The number of nitrogens with zero attached hydrogens (tertiary/aromatic N) is 3. The van der Waals surface area contributed by atoms with Gasteiger partial charge in [-0.3, -0.25) is 0 Å². The molecule has 0 spiro atoms. The zero-order chi connectivity index (χ0) is 23.2. The lowest BCUT2D eigenvalue weighted by molar-refractivity contribution is -0.0460. The molecule has 0 saturated carbocycles. The van der Waals surface area contributed by atoms with E-state index < -0.39 is 6.29 Å². The minimum absolute atomic E-state index is 0.0751. The summed E-state index contributed by atoms with van der Waals surface area (Å²) in [5.41, 5.74) is 3.78. The molecule has 0 aliphatic carbocycles. The molecule has 1 aromatic heterocycles. The van der Waals surface area contributed by atoms with Gasteiger partial charge in [0, 0.05) is 31.9 Å². The lowest BCUT2D eigenvalue weighted by Gasteiger charge is -2.21. The number of aliphatic hydroxyl groups excluding tert-OH is 1. The highest BCUT2D eigenvalue weighted by atomic mass is 16.5. The Balaban J connectivity index is 1.26. The SMILES string of the molecule is CC[C@H](C[C@@H]1CCN(C(=O)n2ccc(C(O)O)n2)C1)NCc1ccc(-c2ccccc2)cc1. The molecule has 0 radical (unpaired) electrons. The van der Waals surface area contributed by atoms with E-state index in [-0.39, 0.29) is 11.7 Å². The van der Waals surface area contributed by atoms with Gasteiger partial charge in [0.25, 0.3) is 0 Å². The average molecular weight is 449 g/mol. The molecule has 1 amide bonds. The Morgan fingerprint density at radius 2 is 1.82 bits per heavy atom. The second-order valence-corrected chi connectivity index (χ2v) is 8.73. The topological polar surface area (TPSA) is 90.6 Å². The van der Waals surface area contributed by atoms with Crippen LogP contribution in [0, 0.1) is 5.92 Å². The number of aliphatic hydroxyl groups is 2. The quantitative estimate of drug-likeness (QED) is 0.456. The van der Waals surface area contributed by atoms with E-state index >= 15 is 0 Å². The molecule has 33 heavy (non-hydrogen) atoms. The molecule has 0 unspecified atom stereocenters. The van der Waals surface area contributed by atoms with E-state index in [0.717, 1.165) is 25.8 Å². The summed E-state index contributed by atoms with van der Waals surface area (Å²) in [5.74, 6) is 0.435. The fourth-order valence-corrected chi connectivity index (χ4v) is 4.43. The van der Waals surface area contributed by atoms with Crippen LogP contribution in [0.15, 0.2) is 66.9 Å². The molecular weight excluding hydrogens is 416 g/mol. The van der Waals surface area contributed by atoms with Gasteiger partial charge >= 0.3 is 6.03 Å². The Morgan fingerprint density at radius 3 is 2.48 bits per heavy atom. The van der Waals surface area contributed by atoms with Crippen molar-refractivity contribution in [3.63, 3.8) is 0 Å². The molecule has 3 N–H and O–H groups in total. The molecule has 2 aromatic carbocycles. The van der Waals surface area contributed by atoms with Crippen molar-refractivity contribution in [2.45, 2.75) is 45.1 Å². The van der Waals surface area contributed by atoms with Crippen molar-refractivity contribution < 1.29 is 15.0 Å². The number of hydrogen-bond donors (Lipinski definition) is 3. The van der Waals surface area contributed by atoms with Gasteiger partial charge in [-0.1, -0.05) is 61.5 Å². The van der Waals surface area contributed by atoms with Gasteiger partial charge in [-0.2, -0.15) is 9.78 Å². The first-order valence-electron chi connectivity index (χ1n) is 11.6. The largest absolute Gasteiger partial charge is 0.363 e. The number of aromatic nitrogens is 2. The van der Waals surface area contributed by atoms with Crippen LogP contribution < -0.4 is 5.32 Å². The summed E-state index contributed by atoms with van der Waals surface area (Å²) in [6, 6.07) is 20.7. The predicted molar refractivity (Wildman–Crippen MR) is 127 cm³/mol. The fourth-order valence-electron chi connectivity index (χ4n) is 4.43. The van der Waals surface area contributed by atoms with Crippen molar-refractivity contribution in [3.05, 3.63) is 78.1 Å². The summed E-state index contributed by atoms with van der Waals surface area (Å²) in [5, 5.41) is 26.0. The normalized spacial score (nSPS) is 17.0. The van der Waals surface area contributed by atoms with Crippen molar-refractivity contribution in [3.8, 4) is 11.1 Å². The van der Waals surface area contributed by atoms with Crippen LogP contribution in [0.2, 0.25) is 0 Å². The number of amides is 1. The summed E-state index contributed by atoms with van der Waals surface area (Å²) in [4.78, 5) is 14.5. The van der Waals surface area contributed by atoms with E-state index in [1.165, 1.54) is 33.6 Å². The van der Waals surface area contributed by atoms with Crippen LogP contribution in [0.1, 0.15) is 43.7 Å². The first-order chi connectivity index (χ1) is 16.0. The summed E-state index contributed by atoms with van der Waals surface area (Å²) >= 11 is 0. The first-order valence-corrected chi connectivity index (χ1v) is 11.6. The zero-order valence-corrected chi connectivity index (χ0v) is 19.0. The Bertz CT molecular complexity index is 1030. The van der Waals surface area contributed by atoms with Crippen LogP contribution in [-0.2, 0) is 6.54 Å². The molecule has 7 heteroatoms. The average Bonchev–Trinajstić information content (AvgIpc) is 3.52. The van der Waals surface area contributed by atoms with Gasteiger partial charge in [0.2, 0.25) is 0 Å². The van der Waals surface area contributed by atoms with Crippen LogP contribution in [0.5, 0.6) is 0 Å². The molecule has 7 nitrogen and oxygen atoms in total. The first kappa shape index (κ1) is 23.2. The van der Waals surface area contributed by atoms with Gasteiger partial charge in [-0.05, 0) is 47.9 Å². The minimum Gasteiger partial charge on any atom is -0.363 e. The Morgan fingerprint density at radius 1 is 1.09 bits per heavy atom. The molecule has 3 aromatic rings. The molecule has 2 atom stereocenters. The summed E-state index contributed by atoms with van der Waals surface area (Å²) in [6.45, 7) is 4.40. The number of rotatable bonds is 8. The van der Waals surface area contributed by atoms with Gasteiger partial charge in [0.05, 0.1) is 0 Å². The lowest BCUT2D eigenvalue weighted by Crippen LogP contribution is -2.34. The van der Waals surface area contributed by atoms with Crippen LogP contribution in [0.3, 0.4) is 0 Å². The van der Waals surface area contributed by atoms with Crippen molar-refractivity contribution in [2.75, 3.05) is 13.1 Å². The van der Waals surface area contributed by atoms with Crippen molar-refractivity contribution >= 4 is 6.03 Å². The summed E-state index contributed by atoms with van der Waals surface area (Å²) < 4.78 is 1.19. The number of hydrogen-bond acceptors (Lipinski definition) is 5. The molecular formula is C26H32N4O3. The highest BCUT2D eigenvalue weighted by Crippen LogP contribution is 2.24. The minimum atomic E-state index is -1.67. The van der Waals surface area contributed by atoms with E-state index in [1.54, 1.807) is 4.90 Å².